The molecule has 1 N–H and O–H groups in total. The number of hydrogen-bond acceptors (Lipinski definition) is 4. The van der Waals surface area contributed by atoms with Crippen LogP contribution in [0.4, 0.5) is 0 Å². The van der Waals surface area contributed by atoms with E-state index in [9.17, 15) is 0 Å². The average molecular weight is 274 g/mol. The van der Waals surface area contributed by atoms with Crippen LogP contribution in [-0.4, -0.2) is 66.6 Å². The molecule has 110 valence electrons. The van der Waals surface area contributed by atoms with E-state index in [1.54, 1.807) is 0 Å². The normalized spacial score (nSPS) is 30.4. The van der Waals surface area contributed by atoms with Gasteiger partial charge >= 0.3 is 0 Å². The van der Waals surface area contributed by atoms with Gasteiger partial charge in [-0.2, -0.15) is 0 Å². The van der Waals surface area contributed by atoms with Gasteiger partial charge in [0.25, 0.3) is 0 Å². The lowest BCUT2D eigenvalue weighted by Gasteiger charge is -2.50. The first kappa shape index (κ1) is 14.0. The number of nitrogens with one attached hydrogen (secondary N) is 1. The van der Waals surface area contributed by atoms with Crippen molar-refractivity contribution in [2.45, 2.75) is 31.8 Å². The van der Waals surface area contributed by atoms with Gasteiger partial charge in [-0.05, 0) is 25.1 Å². The Morgan fingerprint density at radius 2 is 2.10 bits per heavy atom. The van der Waals surface area contributed by atoms with Crippen molar-refractivity contribution in [3.63, 3.8) is 0 Å². The Labute approximate surface area is 122 Å². The summed E-state index contributed by atoms with van der Waals surface area (Å²) in [6, 6.07) is 5.54. The first-order valence-electron chi connectivity index (χ1n) is 7.87. The predicted molar refractivity (Wildman–Crippen MR) is 82.0 cm³/mol. The first-order chi connectivity index (χ1) is 9.80. The smallest absolute Gasteiger partial charge is 0.0419 e. The van der Waals surface area contributed by atoms with E-state index in [0.29, 0.717) is 12.1 Å². The largest absolute Gasteiger partial charge is 0.315 e. The van der Waals surface area contributed by atoms with Gasteiger partial charge in [-0.3, -0.25) is 14.8 Å². The summed E-state index contributed by atoms with van der Waals surface area (Å²) in [4.78, 5) is 9.88. The van der Waals surface area contributed by atoms with E-state index in [1.165, 1.54) is 44.0 Å². The summed E-state index contributed by atoms with van der Waals surface area (Å²) in [5.41, 5.74) is 2.53. The molecule has 0 aliphatic carbocycles. The van der Waals surface area contributed by atoms with Crippen LogP contribution in [0.15, 0.2) is 18.3 Å². The Morgan fingerprint density at radius 3 is 2.60 bits per heavy atom. The van der Waals surface area contributed by atoms with Crippen molar-refractivity contribution in [3.8, 4) is 0 Å². The summed E-state index contributed by atoms with van der Waals surface area (Å²) in [6.07, 6.45) is 4.11. The van der Waals surface area contributed by atoms with Gasteiger partial charge in [0.2, 0.25) is 0 Å². The van der Waals surface area contributed by atoms with Crippen molar-refractivity contribution in [1.82, 2.24) is 20.1 Å². The topological polar surface area (TPSA) is 31.4 Å². The molecule has 1 aromatic heterocycles. The Hall–Kier alpha value is -0.970. The molecule has 0 radical (unpaired) electrons. The molecule has 0 saturated carbocycles. The minimum atomic E-state index is 0.498. The van der Waals surface area contributed by atoms with Gasteiger partial charge in [0, 0.05) is 63.1 Å². The van der Waals surface area contributed by atoms with Crippen LogP contribution < -0.4 is 5.32 Å². The van der Waals surface area contributed by atoms with Crippen LogP contribution in [-0.2, 0) is 12.8 Å². The molecular formula is C16H26N4. The molecular weight excluding hydrogens is 248 g/mol. The van der Waals surface area contributed by atoms with Gasteiger partial charge in [-0.15, -0.1) is 0 Å². The second-order valence-corrected chi connectivity index (χ2v) is 6.01. The molecule has 20 heavy (non-hydrogen) atoms. The molecule has 4 heteroatoms. The molecule has 4 heterocycles. The van der Waals surface area contributed by atoms with E-state index < -0.39 is 0 Å². The Kier molecular flexibility index (Phi) is 4.34. The van der Waals surface area contributed by atoms with Gasteiger partial charge in [0.15, 0.2) is 0 Å². The molecule has 0 spiro atoms. The third-order valence-electron chi connectivity index (χ3n) is 4.88. The lowest BCUT2D eigenvalue weighted by atomic mass is 9.96. The minimum Gasteiger partial charge on any atom is -0.315 e. The summed E-state index contributed by atoms with van der Waals surface area (Å²) in [7, 11) is 2.09. The van der Waals surface area contributed by atoms with Crippen LogP contribution in [0.3, 0.4) is 0 Å². The summed E-state index contributed by atoms with van der Waals surface area (Å²) >= 11 is 0. The number of hydrogen-bond donors (Lipinski definition) is 1. The molecule has 0 amide bonds. The molecule has 3 aliphatic rings. The predicted octanol–water partition coefficient (Wildman–Crippen LogP) is 0.774. The number of aromatic nitrogens is 1. The van der Waals surface area contributed by atoms with Crippen molar-refractivity contribution in [2.24, 2.45) is 0 Å². The van der Waals surface area contributed by atoms with Gasteiger partial charge in [0.1, 0.15) is 0 Å². The Morgan fingerprint density at radius 1 is 1.30 bits per heavy atom. The summed E-state index contributed by atoms with van der Waals surface area (Å²) in [6.45, 7) is 8.33. The number of rotatable bonds is 5. The van der Waals surface area contributed by atoms with Gasteiger partial charge in [-0.25, -0.2) is 0 Å². The summed E-state index contributed by atoms with van der Waals surface area (Å²) in [5, 5.41) is 3.53. The average Bonchev–Trinajstić information content (AvgIpc) is 2.54. The van der Waals surface area contributed by atoms with E-state index in [2.05, 4.69) is 46.2 Å². The third-order valence-corrected chi connectivity index (χ3v) is 4.88. The molecule has 2 bridgehead atoms. The number of likely N-dealkylation sites (N-methyl/N-ethyl adjacent to an activating group) is 1. The fraction of sp³-hybridized carbons (Fsp3) is 0.688. The van der Waals surface area contributed by atoms with Crippen LogP contribution >= 0.6 is 0 Å². The van der Waals surface area contributed by atoms with Crippen LogP contribution in [0.1, 0.15) is 18.2 Å². The van der Waals surface area contributed by atoms with Gasteiger partial charge < -0.3 is 5.32 Å². The van der Waals surface area contributed by atoms with Crippen LogP contribution in [0.2, 0.25) is 0 Å². The zero-order valence-electron chi connectivity index (χ0n) is 12.7. The maximum atomic E-state index is 4.62. The molecule has 1 aromatic rings. The zero-order chi connectivity index (χ0) is 13.9. The highest BCUT2D eigenvalue weighted by Crippen LogP contribution is 2.20. The van der Waals surface area contributed by atoms with Crippen LogP contribution in [0.5, 0.6) is 0 Å². The number of fused-ring (bicyclic) bond motifs is 3. The monoisotopic (exact) mass is 274 g/mol. The number of nitrogens with zero attached hydrogens (tertiary/aromatic N) is 3. The Balaban J connectivity index is 1.67. The van der Waals surface area contributed by atoms with Crippen molar-refractivity contribution >= 4 is 0 Å². The number of aryl methyl sites for hydroxylation is 1. The lowest BCUT2D eigenvalue weighted by Crippen LogP contribution is -2.66. The zero-order valence-corrected chi connectivity index (χ0v) is 12.7. The molecule has 2 atom stereocenters. The Bertz CT molecular complexity index is 423. The second kappa shape index (κ2) is 6.20. The van der Waals surface area contributed by atoms with Crippen molar-refractivity contribution in [1.29, 1.82) is 0 Å². The standard InChI is InChI=1S/C16H26N4/c1-3-13-4-5-14(18-11-13)10-15(17-2)16-12-19-6-8-20(16)9-7-19/h4-5,11,15-17H,3,6-10,12H2,1-2H3. The van der Waals surface area contributed by atoms with Crippen molar-refractivity contribution in [2.75, 3.05) is 39.8 Å². The highest BCUT2D eigenvalue weighted by Gasteiger charge is 2.36. The molecule has 3 fully saturated rings. The highest BCUT2D eigenvalue weighted by molar-refractivity contribution is 5.15. The van der Waals surface area contributed by atoms with E-state index in [4.69, 9.17) is 0 Å². The van der Waals surface area contributed by atoms with Crippen LogP contribution in [0, 0.1) is 0 Å². The van der Waals surface area contributed by atoms with E-state index in [1.807, 2.05) is 6.20 Å². The summed E-state index contributed by atoms with van der Waals surface area (Å²) < 4.78 is 0. The molecule has 4 rings (SSSR count). The lowest BCUT2D eigenvalue weighted by molar-refractivity contribution is -0.00214. The van der Waals surface area contributed by atoms with E-state index in [0.717, 1.165) is 12.8 Å². The minimum absolute atomic E-state index is 0.498. The van der Waals surface area contributed by atoms with Gasteiger partial charge in [0.05, 0.1) is 0 Å². The van der Waals surface area contributed by atoms with Crippen molar-refractivity contribution < 1.29 is 0 Å². The molecule has 0 aromatic carbocycles. The molecule has 3 aliphatic heterocycles. The third kappa shape index (κ3) is 2.87. The van der Waals surface area contributed by atoms with E-state index in [-0.39, 0.29) is 0 Å². The molecule has 3 saturated heterocycles. The fourth-order valence-electron chi connectivity index (χ4n) is 3.48. The SMILES string of the molecule is CCc1ccc(CC(NC)C2CN3CCN2CC3)nc1. The molecule has 4 nitrogen and oxygen atoms in total. The quantitative estimate of drug-likeness (QED) is 0.859. The maximum Gasteiger partial charge on any atom is 0.0419 e. The first-order valence-corrected chi connectivity index (χ1v) is 7.87. The number of piperazine rings is 3. The maximum absolute atomic E-state index is 4.62. The second-order valence-electron chi connectivity index (χ2n) is 6.01. The van der Waals surface area contributed by atoms with Crippen LogP contribution in [0.25, 0.3) is 0 Å². The number of pyridine rings is 1. The van der Waals surface area contributed by atoms with Crippen molar-refractivity contribution in [3.05, 3.63) is 29.6 Å². The van der Waals surface area contributed by atoms with E-state index >= 15 is 0 Å². The van der Waals surface area contributed by atoms with Gasteiger partial charge in [-0.1, -0.05) is 13.0 Å². The molecule has 2 unspecified atom stereocenters. The highest BCUT2D eigenvalue weighted by atomic mass is 15.4. The summed E-state index contributed by atoms with van der Waals surface area (Å²) in [5.74, 6) is 0. The fourth-order valence-corrected chi connectivity index (χ4v) is 3.48.